The van der Waals surface area contributed by atoms with Crippen molar-refractivity contribution in [2.45, 2.75) is 26.2 Å². The lowest BCUT2D eigenvalue weighted by Gasteiger charge is -2.13. The molecule has 2 aromatic rings. The molecule has 1 aliphatic rings. The quantitative estimate of drug-likeness (QED) is 0.651. The molecule has 0 aromatic carbocycles. The first-order valence-corrected chi connectivity index (χ1v) is 8.35. The zero-order valence-corrected chi connectivity index (χ0v) is 14.3. The van der Waals surface area contributed by atoms with E-state index in [1.165, 1.54) is 12.3 Å². The summed E-state index contributed by atoms with van der Waals surface area (Å²) in [5.74, 6) is -0.217. The van der Waals surface area contributed by atoms with Gasteiger partial charge in [0.15, 0.2) is 5.78 Å². The Morgan fingerprint density at radius 3 is 2.92 bits per heavy atom. The van der Waals surface area contributed by atoms with Crippen molar-refractivity contribution >= 4 is 23.0 Å². The molecule has 0 amide bonds. The first-order chi connectivity index (χ1) is 12.6. The van der Waals surface area contributed by atoms with Gasteiger partial charge in [-0.3, -0.25) is 9.78 Å². The van der Waals surface area contributed by atoms with Crippen molar-refractivity contribution in [1.29, 1.82) is 0 Å². The van der Waals surface area contributed by atoms with Crippen LogP contribution in [0.2, 0.25) is 0 Å². The highest BCUT2D eigenvalue weighted by Gasteiger charge is 2.22. The van der Waals surface area contributed by atoms with E-state index in [9.17, 15) is 14.4 Å². The van der Waals surface area contributed by atoms with Crippen LogP contribution in [0.3, 0.4) is 0 Å². The first-order valence-electron chi connectivity index (χ1n) is 8.35. The average Bonchev–Trinajstić information content (AvgIpc) is 2.64. The van der Waals surface area contributed by atoms with Crippen molar-refractivity contribution in [3.8, 4) is 0 Å². The third-order valence-corrected chi connectivity index (χ3v) is 3.94. The Balaban J connectivity index is 1.95. The van der Waals surface area contributed by atoms with E-state index >= 15 is 0 Å². The number of aromatic nitrogens is 1. The Hall–Kier alpha value is -3.22. The van der Waals surface area contributed by atoms with E-state index in [0.29, 0.717) is 36.3 Å². The van der Waals surface area contributed by atoms with Gasteiger partial charge < -0.3 is 14.5 Å². The molecule has 26 heavy (non-hydrogen) atoms. The van der Waals surface area contributed by atoms with Crippen molar-refractivity contribution in [3.05, 3.63) is 64.1 Å². The van der Waals surface area contributed by atoms with Gasteiger partial charge in [0.05, 0.1) is 17.9 Å². The van der Waals surface area contributed by atoms with Crippen molar-refractivity contribution in [2.24, 2.45) is 0 Å². The Kier molecular flexibility index (Phi) is 5.26. The zero-order valence-electron chi connectivity index (χ0n) is 14.3. The van der Waals surface area contributed by atoms with Crippen LogP contribution in [0.4, 0.5) is 5.69 Å². The van der Waals surface area contributed by atoms with Gasteiger partial charge in [0, 0.05) is 25.2 Å². The summed E-state index contributed by atoms with van der Waals surface area (Å²) in [6, 6.07) is 6.59. The molecule has 1 N–H and O–H groups in total. The van der Waals surface area contributed by atoms with E-state index in [1.807, 2.05) is 0 Å². The monoisotopic (exact) mass is 354 g/mol. The van der Waals surface area contributed by atoms with Gasteiger partial charge in [0.25, 0.3) is 0 Å². The molecule has 0 atom stereocenters. The molecular weight excluding hydrogens is 336 g/mol. The van der Waals surface area contributed by atoms with Gasteiger partial charge in [-0.25, -0.2) is 9.59 Å². The van der Waals surface area contributed by atoms with E-state index in [1.54, 1.807) is 31.3 Å². The van der Waals surface area contributed by atoms with Crippen LogP contribution in [0.5, 0.6) is 0 Å². The lowest BCUT2D eigenvalue weighted by Crippen LogP contribution is -2.17. The van der Waals surface area contributed by atoms with Gasteiger partial charge in [0.1, 0.15) is 17.0 Å². The van der Waals surface area contributed by atoms with Crippen LogP contribution in [0.1, 0.15) is 41.6 Å². The fraction of sp³-hybridized carbons (Fsp3) is 0.263. The highest BCUT2D eigenvalue weighted by Crippen LogP contribution is 2.22. The summed E-state index contributed by atoms with van der Waals surface area (Å²) in [5, 5.41) is 2.76. The molecule has 0 fully saturated rings. The van der Waals surface area contributed by atoms with Gasteiger partial charge in [-0.15, -0.1) is 0 Å². The Labute approximate surface area is 149 Å². The standard InChI is InChI=1S/C19H18N2O5/c1-2-25-18(23)13(14-6-3-4-9-20-14)11-21-15-10-12-16(22)7-5-8-17(12)26-19(15)24/h3-4,6,9-11,21H,2,5,7-8H2,1H3. The summed E-state index contributed by atoms with van der Waals surface area (Å²) in [4.78, 5) is 40.5. The highest BCUT2D eigenvalue weighted by molar-refractivity contribution is 6.16. The number of esters is 1. The summed E-state index contributed by atoms with van der Waals surface area (Å²) in [6.07, 6.45) is 4.56. The van der Waals surface area contributed by atoms with Gasteiger partial charge >= 0.3 is 11.6 Å². The first kappa shape index (κ1) is 17.6. The SMILES string of the molecule is CCOC(=O)C(=CNc1cc2c(oc1=O)CCCC2=O)c1ccccn1. The van der Waals surface area contributed by atoms with Gasteiger partial charge in [0.2, 0.25) is 0 Å². The second kappa shape index (κ2) is 7.77. The van der Waals surface area contributed by atoms with E-state index in [0.717, 1.165) is 0 Å². The van der Waals surface area contributed by atoms with Crippen LogP contribution >= 0.6 is 0 Å². The smallest absolute Gasteiger partial charge is 0.359 e. The number of pyridine rings is 1. The predicted octanol–water partition coefficient (Wildman–Crippen LogP) is 2.57. The molecule has 0 saturated carbocycles. The Morgan fingerprint density at radius 1 is 1.35 bits per heavy atom. The summed E-state index contributed by atoms with van der Waals surface area (Å²) in [7, 11) is 0. The molecule has 7 nitrogen and oxygen atoms in total. The number of anilines is 1. The molecule has 0 aliphatic heterocycles. The summed E-state index contributed by atoms with van der Waals surface area (Å²) < 4.78 is 10.3. The summed E-state index contributed by atoms with van der Waals surface area (Å²) in [6.45, 7) is 1.91. The average molecular weight is 354 g/mol. The number of aryl methyl sites for hydroxylation is 1. The number of fused-ring (bicyclic) bond motifs is 1. The number of Topliss-reactive ketones (excluding diaryl/α,β-unsaturated/α-hetero) is 1. The number of hydrogen-bond acceptors (Lipinski definition) is 7. The molecule has 0 bridgehead atoms. The molecule has 134 valence electrons. The molecule has 0 saturated heterocycles. The van der Waals surface area contributed by atoms with Gasteiger partial charge in [-0.1, -0.05) is 6.07 Å². The van der Waals surface area contributed by atoms with E-state index in [4.69, 9.17) is 9.15 Å². The Bertz CT molecular complexity index is 915. The zero-order chi connectivity index (χ0) is 18.5. The number of nitrogens with one attached hydrogen (secondary N) is 1. The number of carbonyl (C=O) groups is 2. The van der Waals surface area contributed by atoms with E-state index in [-0.39, 0.29) is 23.7 Å². The molecule has 0 spiro atoms. The van der Waals surface area contributed by atoms with Gasteiger partial charge in [-0.05, 0) is 31.5 Å². The maximum atomic E-state index is 12.2. The number of nitrogens with zero attached hydrogens (tertiary/aromatic N) is 1. The van der Waals surface area contributed by atoms with Crippen LogP contribution in [0.15, 0.2) is 45.9 Å². The van der Waals surface area contributed by atoms with E-state index in [2.05, 4.69) is 10.3 Å². The lowest BCUT2D eigenvalue weighted by molar-refractivity contribution is -0.136. The van der Waals surface area contributed by atoms with Crippen LogP contribution in [-0.4, -0.2) is 23.3 Å². The van der Waals surface area contributed by atoms with Gasteiger partial charge in [-0.2, -0.15) is 0 Å². The molecule has 7 heteroatoms. The number of rotatable bonds is 5. The molecule has 3 rings (SSSR count). The third-order valence-electron chi connectivity index (χ3n) is 3.94. The van der Waals surface area contributed by atoms with Crippen molar-refractivity contribution < 1.29 is 18.7 Å². The van der Waals surface area contributed by atoms with Crippen LogP contribution in [-0.2, 0) is 16.0 Å². The topological polar surface area (TPSA) is 98.5 Å². The second-order valence-corrected chi connectivity index (χ2v) is 5.70. The van der Waals surface area contributed by atoms with Crippen LogP contribution in [0, 0.1) is 0 Å². The number of ketones is 1. The van der Waals surface area contributed by atoms with Crippen molar-refractivity contribution in [2.75, 3.05) is 11.9 Å². The minimum Gasteiger partial charge on any atom is -0.462 e. The third kappa shape index (κ3) is 3.72. The maximum Gasteiger partial charge on any atom is 0.359 e. The molecule has 0 radical (unpaired) electrons. The molecule has 0 unspecified atom stereocenters. The minimum absolute atomic E-state index is 0.0580. The fourth-order valence-corrected chi connectivity index (χ4v) is 2.69. The molecule has 2 aromatic heterocycles. The normalized spacial score (nSPS) is 13.9. The number of hydrogen-bond donors (Lipinski definition) is 1. The maximum absolute atomic E-state index is 12.2. The predicted molar refractivity (Wildman–Crippen MR) is 94.7 cm³/mol. The lowest BCUT2D eigenvalue weighted by atomic mass is 9.96. The van der Waals surface area contributed by atoms with E-state index < -0.39 is 11.6 Å². The summed E-state index contributed by atoms with van der Waals surface area (Å²) in [5.41, 5.74) is 0.450. The van der Waals surface area contributed by atoms with Crippen molar-refractivity contribution in [1.82, 2.24) is 4.98 Å². The minimum atomic E-state index is -0.598. The largest absolute Gasteiger partial charge is 0.462 e. The van der Waals surface area contributed by atoms with Crippen LogP contribution in [0.25, 0.3) is 5.57 Å². The highest BCUT2D eigenvalue weighted by atomic mass is 16.5. The van der Waals surface area contributed by atoms with Crippen LogP contribution < -0.4 is 10.9 Å². The Morgan fingerprint density at radius 2 is 2.19 bits per heavy atom. The summed E-state index contributed by atoms with van der Waals surface area (Å²) >= 11 is 0. The number of carbonyl (C=O) groups excluding carboxylic acids is 2. The molecule has 2 heterocycles. The number of ether oxygens (including phenoxy) is 1. The fourth-order valence-electron chi connectivity index (χ4n) is 2.69. The molecular formula is C19H18N2O5. The van der Waals surface area contributed by atoms with Crippen molar-refractivity contribution in [3.63, 3.8) is 0 Å². The molecule has 1 aliphatic carbocycles. The second-order valence-electron chi connectivity index (χ2n) is 5.70.